The molecule has 2 rings (SSSR count). The third kappa shape index (κ3) is 5.05. The van der Waals surface area contributed by atoms with Gasteiger partial charge in [-0.25, -0.2) is 0 Å². The molecule has 4 heteroatoms. The Balaban J connectivity index is 2.43. The van der Waals surface area contributed by atoms with Crippen LogP contribution >= 0.6 is 20.2 Å². The normalized spacial score (nSPS) is 13.8. The van der Waals surface area contributed by atoms with Crippen LogP contribution in [0.1, 0.15) is 60.1 Å². The van der Waals surface area contributed by atoms with Crippen molar-refractivity contribution in [2.24, 2.45) is 0 Å². The summed E-state index contributed by atoms with van der Waals surface area (Å²) in [6.45, 7) is 17.8. The van der Waals surface area contributed by atoms with Crippen LogP contribution in [0.2, 0.25) is 0 Å². The number of rotatable bonds is 8. The Kier molecular flexibility index (Phi) is 8.28. The lowest BCUT2D eigenvalue weighted by Crippen LogP contribution is -2.43. The van der Waals surface area contributed by atoms with Crippen molar-refractivity contribution in [1.82, 2.24) is 0 Å². The molecule has 0 aliphatic carbocycles. The van der Waals surface area contributed by atoms with Gasteiger partial charge in [-0.15, -0.1) is 12.2 Å². The Morgan fingerprint density at radius 3 is 1.68 bits per heavy atom. The molecule has 3 unspecified atom stereocenters. The van der Waals surface area contributed by atoms with E-state index in [1.165, 1.54) is 44.8 Å². The third-order valence-electron chi connectivity index (χ3n) is 5.65. The van der Waals surface area contributed by atoms with Gasteiger partial charge in [0, 0.05) is 25.3 Å². The number of anilines is 2. The molecule has 0 amide bonds. The maximum absolute atomic E-state index is 4.78. The van der Waals surface area contributed by atoms with E-state index in [1.54, 1.807) is 0 Å². The van der Waals surface area contributed by atoms with Gasteiger partial charge in [-0.05, 0) is 76.6 Å². The fraction of sp³-hybridized carbons (Fsp3) is 0.500. The molecule has 0 heterocycles. The number of hydrogen-bond donors (Lipinski definition) is 2. The zero-order chi connectivity index (χ0) is 21.0. The van der Waals surface area contributed by atoms with E-state index in [9.17, 15) is 0 Å². The minimum absolute atomic E-state index is 0.366. The van der Waals surface area contributed by atoms with Gasteiger partial charge in [0.05, 0.1) is 6.04 Å². The highest BCUT2D eigenvalue weighted by molar-refractivity contribution is 8.38. The summed E-state index contributed by atoms with van der Waals surface area (Å²) in [7, 11) is 0.440. The van der Waals surface area contributed by atoms with Crippen molar-refractivity contribution in [3.8, 4) is 0 Å². The highest BCUT2D eigenvalue weighted by Crippen LogP contribution is 2.40. The summed E-state index contributed by atoms with van der Waals surface area (Å²) < 4.78 is 2.52. The summed E-state index contributed by atoms with van der Waals surface area (Å²) in [4.78, 5) is 0. The van der Waals surface area contributed by atoms with Gasteiger partial charge < -0.3 is 9.99 Å². The lowest BCUT2D eigenvalue weighted by Gasteiger charge is -2.39. The van der Waals surface area contributed by atoms with Gasteiger partial charge in [-0.2, -0.15) is 0 Å². The van der Waals surface area contributed by atoms with Crippen molar-refractivity contribution in [3.63, 3.8) is 0 Å². The first-order valence-electron chi connectivity index (χ1n) is 10.3. The summed E-state index contributed by atoms with van der Waals surface area (Å²) in [5, 5.41) is 3.91. The molecule has 0 saturated carbocycles. The molecular formula is C24H37N2PS. The molecule has 2 aromatic rings. The maximum atomic E-state index is 4.78. The average Bonchev–Trinajstić information content (AvgIpc) is 2.60. The molecule has 0 aliphatic rings. The van der Waals surface area contributed by atoms with Crippen molar-refractivity contribution in [3.05, 3.63) is 57.6 Å². The Morgan fingerprint density at radius 1 is 0.821 bits per heavy atom. The lowest BCUT2D eigenvalue weighted by molar-refractivity contribution is 0.533. The Morgan fingerprint density at radius 2 is 1.29 bits per heavy atom. The molecule has 0 bridgehead atoms. The molecule has 0 fully saturated rings. The predicted molar refractivity (Wildman–Crippen MR) is 133 cm³/mol. The lowest BCUT2D eigenvalue weighted by atomic mass is 9.97. The first-order valence-corrected chi connectivity index (χ1v) is 12.6. The molecule has 0 saturated heterocycles. The van der Waals surface area contributed by atoms with Gasteiger partial charge >= 0.3 is 0 Å². The second kappa shape index (κ2) is 10.0. The molecule has 28 heavy (non-hydrogen) atoms. The standard InChI is InChI=1S/C24H37N2PS/c1-9-21(25-23-17(5)11-15(3)12-18(23)6)22(10-2)26(27-28)24-19(7)13-16(4)14-20(24)8/h11-14,21-22,25,27-28H,9-10H2,1-8H3. The van der Waals surface area contributed by atoms with E-state index >= 15 is 0 Å². The molecule has 0 aliphatic heterocycles. The number of thiol groups is 1. The zero-order valence-corrected chi connectivity index (χ0v) is 20.7. The summed E-state index contributed by atoms with van der Waals surface area (Å²) >= 11 is 4.78. The van der Waals surface area contributed by atoms with Crippen molar-refractivity contribution >= 4 is 31.6 Å². The fourth-order valence-corrected chi connectivity index (χ4v) is 6.26. The van der Waals surface area contributed by atoms with Crippen LogP contribution in [0.5, 0.6) is 0 Å². The summed E-state index contributed by atoms with van der Waals surface area (Å²) in [5.41, 5.74) is 10.6. The number of nitrogens with zero attached hydrogens (tertiary/aromatic N) is 1. The Labute approximate surface area is 179 Å². The number of hydrogen-bond acceptors (Lipinski definition) is 3. The van der Waals surface area contributed by atoms with Gasteiger partial charge in [0.25, 0.3) is 0 Å². The maximum Gasteiger partial charge on any atom is 0.0532 e. The SMILES string of the molecule is CCC(Nc1c(C)cc(C)cc1C)C(CC)N(PS)c1c(C)cc(C)cc1C. The van der Waals surface area contributed by atoms with Crippen LogP contribution in [0.3, 0.4) is 0 Å². The van der Waals surface area contributed by atoms with E-state index < -0.39 is 0 Å². The molecule has 0 spiro atoms. The van der Waals surface area contributed by atoms with Crippen LogP contribution in [0, 0.1) is 41.5 Å². The van der Waals surface area contributed by atoms with Gasteiger partial charge in [0.15, 0.2) is 0 Å². The van der Waals surface area contributed by atoms with Gasteiger partial charge in [0.2, 0.25) is 0 Å². The van der Waals surface area contributed by atoms with Gasteiger partial charge in [-0.3, -0.25) is 0 Å². The third-order valence-corrected chi connectivity index (χ3v) is 7.06. The zero-order valence-electron chi connectivity index (χ0n) is 18.8. The van der Waals surface area contributed by atoms with Crippen LogP contribution in [0.4, 0.5) is 11.4 Å². The van der Waals surface area contributed by atoms with Crippen LogP contribution in [-0.2, 0) is 0 Å². The number of nitrogens with one attached hydrogen (secondary N) is 1. The van der Waals surface area contributed by atoms with E-state index in [2.05, 4.69) is 89.6 Å². The number of aryl methyl sites for hydroxylation is 6. The van der Waals surface area contributed by atoms with Crippen LogP contribution in [0.25, 0.3) is 0 Å². The van der Waals surface area contributed by atoms with Crippen LogP contribution in [0.15, 0.2) is 24.3 Å². The summed E-state index contributed by atoms with van der Waals surface area (Å²) in [5.74, 6) is 0. The average molecular weight is 417 g/mol. The first-order chi connectivity index (χ1) is 13.2. The molecule has 0 radical (unpaired) electrons. The molecule has 3 atom stereocenters. The molecule has 0 aromatic heterocycles. The number of benzene rings is 2. The molecule has 1 N–H and O–H groups in total. The minimum Gasteiger partial charge on any atom is -0.380 e. The van der Waals surface area contributed by atoms with E-state index in [-0.39, 0.29) is 0 Å². The van der Waals surface area contributed by atoms with Crippen molar-refractivity contribution < 1.29 is 0 Å². The van der Waals surface area contributed by atoms with Crippen molar-refractivity contribution in [2.75, 3.05) is 9.99 Å². The van der Waals surface area contributed by atoms with Crippen LogP contribution in [-0.4, -0.2) is 12.1 Å². The van der Waals surface area contributed by atoms with E-state index in [0.717, 1.165) is 12.8 Å². The second-order valence-electron chi connectivity index (χ2n) is 8.13. The monoisotopic (exact) mass is 416 g/mol. The largest absolute Gasteiger partial charge is 0.380 e. The highest BCUT2D eigenvalue weighted by atomic mass is 32.7. The summed E-state index contributed by atoms with van der Waals surface area (Å²) in [6, 6.07) is 9.88. The molecule has 154 valence electrons. The molecule has 2 nitrogen and oxygen atoms in total. The van der Waals surface area contributed by atoms with E-state index in [0.29, 0.717) is 20.0 Å². The highest BCUT2D eigenvalue weighted by Gasteiger charge is 2.27. The minimum atomic E-state index is 0.366. The topological polar surface area (TPSA) is 15.3 Å². The van der Waals surface area contributed by atoms with Gasteiger partial charge in [0.1, 0.15) is 0 Å². The van der Waals surface area contributed by atoms with Crippen LogP contribution < -0.4 is 9.99 Å². The van der Waals surface area contributed by atoms with Gasteiger partial charge in [-0.1, -0.05) is 49.2 Å². The fourth-order valence-electron chi connectivity index (χ4n) is 4.55. The van der Waals surface area contributed by atoms with Crippen molar-refractivity contribution in [2.45, 2.75) is 80.3 Å². The first kappa shape index (κ1) is 23.1. The second-order valence-corrected chi connectivity index (χ2v) is 9.41. The predicted octanol–water partition coefficient (Wildman–Crippen LogP) is 7.45. The Hall–Kier alpha value is -1.18. The Bertz CT molecular complexity index is 772. The quantitative estimate of drug-likeness (QED) is 0.343. The molecular weight excluding hydrogens is 379 g/mol. The molecule has 2 aromatic carbocycles. The smallest absolute Gasteiger partial charge is 0.0532 e. The van der Waals surface area contributed by atoms with E-state index in [4.69, 9.17) is 12.2 Å². The van der Waals surface area contributed by atoms with Crippen molar-refractivity contribution in [1.29, 1.82) is 0 Å². The van der Waals surface area contributed by atoms with E-state index in [1.807, 2.05) is 0 Å². The summed E-state index contributed by atoms with van der Waals surface area (Å²) in [6.07, 6.45) is 2.15.